The summed E-state index contributed by atoms with van der Waals surface area (Å²) in [6.45, 7) is 1.98. The van der Waals surface area contributed by atoms with Crippen molar-refractivity contribution in [3.63, 3.8) is 0 Å². The molecule has 0 bridgehead atoms. The van der Waals surface area contributed by atoms with Gasteiger partial charge in [0.05, 0.1) is 56.7 Å². The van der Waals surface area contributed by atoms with Crippen LogP contribution in [0, 0.1) is 5.53 Å². The van der Waals surface area contributed by atoms with Gasteiger partial charge in [0.15, 0.2) is 0 Å². The van der Waals surface area contributed by atoms with Crippen LogP contribution in [-0.2, 0) is 18.5 Å². The Morgan fingerprint density at radius 2 is 1.11 bits per heavy atom. The van der Waals surface area contributed by atoms with Crippen molar-refractivity contribution < 1.29 is 74.0 Å². The Kier molecular flexibility index (Phi) is 17.1. The lowest BCUT2D eigenvalue weighted by molar-refractivity contribution is -0.138. The third-order valence-corrected chi connectivity index (χ3v) is 11.6. The average molecular weight is 1120 g/mol. The van der Waals surface area contributed by atoms with E-state index >= 15 is 0 Å². The second kappa shape index (κ2) is 23.9. The maximum atomic E-state index is 13.7. The lowest BCUT2D eigenvalue weighted by Gasteiger charge is -2.13. The number of anilines is 1. The molecule has 0 aliphatic rings. The van der Waals surface area contributed by atoms with E-state index in [0.717, 1.165) is 36.4 Å². The summed E-state index contributed by atoms with van der Waals surface area (Å²) in [5, 5.41) is 48.2. The quantitative estimate of drug-likeness (QED) is 0.0243. The Balaban J connectivity index is 0.000000359. The van der Waals surface area contributed by atoms with Crippen LogP contribution in [0.25, 0.3) is 66.6 Å². The fourth-order valence-electron chi connectivity index (χ4n) is 7.86. The fourth-order valence-corrected chi connectivity index (χ4v) is 7.86. The Labute approximate surface area is 449 Å². The molecular weight excluding hydrogens is 1090 g/mol. The zero-order valence-corrected chi connectivity index (χ0v) is 41.1. The number of benzene rings is 6. The van der Waals surface area contributed by atoms with Crippen LogP contribution in [0.15, 0.2) is 162 Å². The Morgan fingerprint density at radius 1 is 0.630 bits per heavy atom. The maximum Gasteiger partial charge on any atom is 0.417 e. The predicted octanol–water partition coefficient (Wildman–Crippen LogP) is 14.3. The number of carboxylic acid groups (broad SMARTS) is 3. The van der Waals surface area contributed by atoms with Crippen molar-refractivity contribution in [1.29, 1.82) is 5.53 Å². The molecule has 0 spiro atoms. The molecule has 0 atom stereocenters. The van der Waals surface area contributed by atoms with Crippen LogP contribution in [-0.4, -0.2) is 65.7 Å². The van der Waals surface area contributed by atoms with E-state index in [1.54, 1.807) is 31.2 Å². The van der Waals surface area contributed by atoms with Crippen LogP contribution in [0.4, 0.5) is 50.9 Å². The van der Waals surface area contributed by atoms with Crippen LogP contribution in [0.2, 0.25) is 0 Å². The summed E-state index contributed by atoms with van der Waals surface area (Å²) in [7, 11) is 0. The van der Waals surface area contributed by atoms with Crippen molar-refractivity contribution in [3.05, 3.63) is 207 Å². The minimum Gasteiger partial charge on any atom is -0.478 e. The number of nitrogens with zero attached hydrogens (tertiary/aromatic N) is 8. The highest BCUT2D eigenvalue weighted by Crippen LogP contribution is 2.39. The number of aromatic nitrogens is 4. The molecule has 6 N–H and O–H groups in total. The number of halogens is 9. The second-order valence-corrected chi connectivity index (χ2v) is 16.9. The number of azide groups is 1. The van der Waals surface area contributed by atoms with E-state index in [4.69, 9.17) is 16.2 Å². The van der Waals surface area contributed by atoms with Gasteiger partial charge < -0.3 is 26.0 Å². The van der Waals surface area contributed by atoms with Gasteiger partial charge in [0, 0.05) is 34.6 Å². The first-order valence-corrected chi connectivity index (χ1v) is 23.1. The van der Waals surface area contributed by atoms with Gasteiger partial charge in [0.25, 0.3) is 5.91 Å². The number of aromatic carboxylic acids is 3. The first-order valence-electron chi connectivity index (χ1n) is 23.1. The highest BCUT2D eigenvalue weighted by molar-refractivity contribution is 5.96. The van der Waals surface area contributed by atoms with Gasteiger partial charge >= 0.3 is 36.4 Å². The number of carboxylic acids is 3. The molecule has 0 unspecified atom stereocenters. The van der Waals surface area contributed by atoms with E-state index in [1.807, 2.05) is 0 Å². The van der Waals surface area contributed by atoms with Crippen molar-refractivity contribution in [2.75, 3.05) is 11.9 Å². The third-order valence-electron chi connectivity index (χ3n) is 11.6. The number of carbonyl (C=O) groups excluding carboxylic acids is 1. The average Bonchev–Trinajstić information content (AvgIpc) is 4.02. The SMILES string of the molecule is CCNC(=O)c1cc(/C(=C/Nc2cccc(-c3ccc(C(=O)O)c(C(F)(F)F)c3)c2)N=N)nc(-c2cn(-c3cccc(-c4ccc(C(=O)O)c(C(F)(F)F)c4)c3)nn2)c1.[N-]=[N+]=Nc1cccc(-c2ccc(C(=O)O)c(C(F)(F)F)c2)c1. The van der Waals surface area contributed by atoms with Crippen LogP contribution in [0.1, 0.15) is 70.7 Å². The van der Waals surface area contributed by atoms with Crippen LogP contribution >= 0.6 is 0 Å². The highest BCUT2D eigenvalue weighted by atomic mass is 19.4. The van der Waals surface area contributed by atoms with Crippen molar-refractivity contribution in [3.8, 4) is 50.5 Å². The van der Waals surface area contributed by atoms with Crippen molar-refractivity contribution in [2.45, 2.75) is 25.5 Å². The van der Waals surface area contributed by atoms with Crippen LogP contribution < -0.4 is 10.6 Å². The summed E-state index contributed by atoms with van der Waals surface area (Å²) in [6, 6.07) is 29.8. The Bertz CT molecular complexity index is 3850. The minimum absolute atomic E-state index is 0.0308. The summed E-state index contributed by atoms with van der Waals surface area (Å²) >= 11 is 0. The van der Waals surface area contributed by atoms with E-state index < -0.39 is 75.7 Å². The third kappa shape index (κ3) is 13.9. The van der Waals surface area contributed by atoms with Crippen LogP contribution in [0.5, 0.6) is 0 Å². The molecule has 8 rings (SSSR count). The fraction of sp³-hybridized carbons (Fsp3) is 0.0926. The monoisotopic (exact) mass is 1120 g/mol. The Morgan fingerprint density at radius 3 is 1.59 bits per heavy atom. The van der Waals surface area contributed by atoms with Gasteiger partial charge in [-0.2, -0.15) is 44.6 Å². The standard InChI is InChI=1S/C40H28F6N8O5.C14H8F3N3O2/c1-2-48-36(55)25-17-32(34(51-47)19-49-26-7-3-5-21(13-26)23-9-11-28(37(56)57)30(15-23)39(41,42)43)50-33(18-25)35-20-54(53-52-35)27-8-4-6-22(14-27)24-10-12-29(38(58)59)31(16-24)40(44,45)46;15-14(16,17)12-7-9(4-5-11(12)13(21)22)8-2-1-3-10(6-8)19-20-18/h3-20,47,49H,2H2,1H3,(H,48,55)(H,56,57)(H,58,59);1-7H,(H,21,22)/b34-19-,51-47?;. The molecule has 2 heterocycles. The maximum absolute atomic E-state index is 13.7. The smallest absolute Gasteiger partial charge is 0.417 e. The normalized spacial score (nSPS) is 11.6. The van der Waals surface area contributed by atoms with E-state index in [9.17, 15) is 68.9 Å². The number of pyridine rings is 1. The predicted molar refractivity (Wildman–Crippen MR) is 273 cm³/mol. The molecule has 0 aliphatic heterocycles. The number of rotatable bonds is 15. The lowest BCUT2D eigenvalue weighted by Crippen LogP contribution is -2.23. The van der Waals surface area contributed by atoms with E-state index in [1.165, 1.54) is 95.9 Å². The molecule has 0 radical (unpaired) electrons. The lowest BCUT2D eigenvalue weighted by atomic mass is 9.98. The number of amides is 1. The molecule has 0 fully saturated rings. The molecular formula is C54H36F9N11O7. The summed E-state index contributed by atoms with van der Waals surface area (Å²) in [6.07, 6.45) is -11.9. The van der Waals surface area contributed by atoms with Crippen molar-refractivity contribution in [2.24, 2.45) is 10.2 Å². The van der Waals surface area contributed by atoms with E-state index in [2.05, 4.69) is 41.1 Å². The number of nitrogens with one attached hydrogen (secondary N) is 3. The molecule has 8 aromatic rings. The molecule has 18 nitrogen and oxygen atoms in total. The largest absolute Gasteiger partial charge is 0.478 e. The number of hydrogen-bond acceptors (Lipinski definition) is 11. The van der Waals surface area contributed by atoms with E-state index in [0.29, 0.717) is 28.1 Å². The van der Waals surface area contributed by atoms with Crippen molar-refractivity contribution in [1.82, 2.24) is 25.3 Å². The van der Waals surface area contributed by atoms with Gasteiger partial charge in [0.2, 0.25) is 0 Å². The summed E-state index contributed by atoms with van der Waals surface area (Å²) in [5.41, 5.74) is 12.4. The van der Waals surface area contributed by atoms with Crippen molar-refractivity contribution >= 4 is 40.9 Å². The topological polar surface area (TPSA) is 282 Å². The van der Waals surface area contributed by atoms with Gasteiger partial charge in [-0.3, -0.25) is 4.79 Å². The molecule has 1 amide bonds. The van der Waals surface area contributed by atoms with E-state index in [-0.39, 0.29) is 57.3 Å². The van der Waals surface area contributed by atoms with Crippen LogP contribution in [0.3, 0.4) is 0 Å². The molecule has 0 saturated carbocycles. The molecule has 6 aromatic carbocycles. The molecule has 2 aromatic heterocycles. The number of alkyl halides is 9. The first kappa shape index (κ1) is 58.0. The summed E-state index contributed by atoms with van der Waals surface area (Å²) < 4.78 is 122. The van der Waals surface area contributed by atoms with Gasteiger partial charge in [-0.05, 0) is 125 Å². The summed E-state index contributed by atoms with van der Waals surface area (Å²) in [5.74, 6) is -5.60. The molecule has 412 valence electrons. The van der Waals surface area contributed by atoms with Gasteiger partial charge in [-0.15, -0.1) is 5.10 Å². The van der Waals surface area contributed by atoms with Gasteiger partial charge in [-0.25, -0.2) is 29.6 Å². The Hall–Kier alpha value is -10.7. The highest BCUT2D eigenvalue weighted by Gasteiger charge is 2.38. The van der Waals surface area contributed by atoms with Gasteiger partial charge in [-0.1, -0.05) is 71.0 Å². The zero-order valence-electron chi connectivity index (χ0n) is 41.1. The minimum atomic E-state index is -4.92. The molecule has 81 heavy (non-hydrogen) atoms. The first-order chi connectivity index (χ1) is 38.3. The number of carbonyl (C=O) groups is 4. The zero-order chi connectivity index (χ0) is 59.0. The second-order valence-electron chi connectivity index (χ2n) is 16.9. The molecule has 27 heteroatoms. The molecule has 0 aliphatic carbocycles. The summed E-state index contributed by atoms with van der Waals surface area (Å²) in [4.78, 5) is 53.9. The van der Waals surface area contributed by atoms with Gasteiger partial charge in [0.1, 0.15) is 11.4 Å². The number of hydrogen-bond donors (Lipinski definition) is 6. The molecule has 0 saturated heterocycles.